The summed E-state index contributed by atoms with van der Waals surface area (Å²) in [6, 6.07) is 8.84. The molecule has 0 saturated heterocycles. The van der Waals surface area contributed by atoms with Gasteiger partial charge in [0.25, 0.3) is 5.91 Å². The van der Waals surface area contributed by atoms with Gasteiger partial charge in [-0.15, -0.1) is 0 Å². The van der Waals surface area contributed by atoms with Gasteiger partial charge in [-0.25, -0.2) is 0 Å². The van der Waals surface area contributed by atoms with Gasteiger partial charge >= 0.3 is 0 Å². The molecule has 0 unspecified atom stereocenters. The smallest absolute Gasteiger partial charge is 0.251 e. The molecule has 0 spiro atoms. The third kappa shape index (κ3) is 1.40. The number of rotatable bonds is 2. The van der Waals surface area contributed by atoms with Gasteiger partial charge in [-0.2, -0.15) is 0 Å². The van der Waals surface area contributed by atoms with Crippen molar-refractivity contribution in [3.63, 3.8) is 0 Å². The predicted molar refractivity (Wildman–Crippen MR) is 62.3 cm³/mol. The third-order valence-electron chi connectivity index (χ3n) is 2.48. The third-order valence-corrected chi connectivity index (χ3v) is 2.48. The van der Waals surface area contributed by atoms with Crippen molar-refractivity contribution < 1.29 is 9.59 Å². The summed E-state index contributed by atoms with van der Waals surface area (Å²) in [5.74, 6) is -0.689. The van der Waals surface area contributed by atoms with E-state index in [0.29, 0.717) is 11.7 Å². The molecule has 0 aromatic heterocycles. The number of hydrogen-bond donors (Lipinski definition) is 2. The van der Waals surface area contributed by atoms with Crippen molar-refractivity contribution in [2.75, 3.05) is 5.73 Å². The quantitative estimate of drug-likeness (QED) is 0.584. The molecule has 0 atom stereocenters. The van der Waals surface area contributed by atoms with Crippen LogP contribution in [0.3, 0.4) is 0 Å². The molecule has 4 N–H and O–H groups in total. The molecular formula is C12H10N2O2. The number of nitrogens with two attached hydrogens (primary N) is 2. The lowest BCUT2D eigenvalue weighted by molar-refractivity contribution is 0.0994. The molecule has 2 aromatic rings. The van der Waals surface area contributed by atoms with Gasteiger partial charge in [0.1, 0.15) is 0 Å². The summed E-state index contributed by atoms with van der Waals surface area (Å²) >= 11 is 0. The highest BCUT2D eigenvalue weighted by atomic mass is 16.1. The monoisotopic (exact) mass is 214 g/mol. The lowest BCUT2D eigenvalue weighted by Gasteiger charge is -2.08. The Bertz CT molecular complexity index is 591. The molecule has 0 saturated carbocycles. The molecule has 1 amide bonds. The maximum Gasteiger partial charge on any atom is 0.251 e. The average molecular weight is 214 g/mol. The number of amides is 1. The molecule has 4 nitrogen and oxygen atoms in total. The first kappa shape index (κ1) is 10.2. The molecule has 0 bridgehead atoms. The number of nitrogen functional groups attached to an aromatic ring is 1. The van der Waals surface area contributed by atoms with E-state index in [1.807, 2.05) is 12.1 Å². The molecular weight excluding hydrogens is 204 g/mol. The number of benzene rings is 2. The Kier molecular flexibility index (Phi) is 2.32. The maximum absolute atomic E-state index is 11.2. The largest absolute Gasteiger partial charge is 0.398 e. The standard InChI is InChI=1S/C12H10N2O2/c13-10-5-7-3-1-2-4-8(7)9(6-15)11(10)12(14)16/h1-6H,13H2,(H2,14,16). The second kappa shape index (κ2) is 3.66. The van der Waals surface area contributed by atoms with Crippen LogP contribution in [0.2, 0.25) is 0 Å². The minimum Gasteiger partial charge on any atom is -0.398 e. The van der Waals surface area contributed by atoms with Crippen LogP contribution in [0.5, 0.6) is 0 Å². The normalized spacial score (nSPS) is 10.2. The first-order chi connectivity index (χ1) is 7.65. The van der Waals surface area contributed by atoms with Crippen LogP contribution in [0.4, 0.5) is 5.69 Å². The van der Waals surface area contributed by atoms with E-state index in [0.717, 1.165) is 5.39 Å². The van der Waals surface area contributed by atoms with E-state index in [9.17, 15) is 9.59 Å². The van der Waals surface area contributed by atoms with Crippen LogP contribution in [0.1, 0.15) is 20.7 Å². The number of anilines is 1. The van der Waals surface area contributed by atoms with E-state index in [2.05, 4.69) is 0 Å². The first-order valence-electron chi connectivity index (χ1n) is 4.71. The minimum atomic E-state index is -0.689. The average Bonchev–Trinajstić information content (AvgIpc) is 2.26. The lowest BCUT2D eigenvalue weighted by atomic mass is 9.97. The van der Waals surface area contributed by atoms with Crippen molar-refractivity contribution in [2.24, 2.45) is 5.73 Å². The van der Waals surface area contributed by atoms with E-state index >= 15 is 0 Å². The molecule has 0 aliphatic carbocycles. The molecule has 4 heteroatoms. The SMILES string of the molecule is NC(=O)c1c(N)cc2ccccc2c1C=O. The molecule has 80 valence electrons. The highest BCUT2D eigenvalue weighted by Gasteiger charge is 2.15. The van der Waals surface area contributed by atoms with Crippen LogP contribution in [-0.4, -0.2) is 12.2 Å². The number of hydrogen-bond acceptors (Lipinski definition) is 3. The van der Waals surface area contributed by atoms with Crippen molar-refractivity contribution in [3.8, 4) is 0 Å². The van der Waals surface area contributed by atoms with Gasteiger partial charge in [-0.3, -0.25) is 9.59 Å². The highest BCUT2D eigenvalue weighted by molar-refractivity contribution is 6.13. The maximum atomic E-state index is 11.2. The molecule has 0 radical (unpaired) electrons. The van der Waals surface area contributed by atoms with E-state index in [1.54, 1.807) is 18.2 Å². The fourth-order valence-corrected chi connectivity index (χ4v) is 1.80. The van der Waals surface area contributed by atoms with E-state index in [1.165, 1.54) is 0 Å². The van der Waals surface area contributed by atoms with Crippen LogP contribution < -0.4 is 11.5 Å². The molecule has 16 heavy (non-hydrogen) atoms. The summed E-state index contributed by atoms with van der Waals surface area (Å²) in [6.07, 6.45) is 0.610. The number of aldehydes is 1. The van der Waals surface area contributed by atoms with Gasteiger partial charge in [0, 0.05) is 11.3 Å². The fourth-order valence-electron chi connectivity index (χ4n) is 1.80. The Balaban J connectivity index is 2.96. The Hall–Kier alpha value is -2.36. The summed E-state index contributed by atoms with van der Waals surface area (Å²) in [7, 11) is 0. The summed E-state index contributed by atoms with van der Waals surface area (Å²) in [4.78, 5) is 22.3. The van der Waals surface area contributed by atoms with Gasteiger partial charge in [0.15, 0.2) is 6.29 Å². The first-order valence-corrected chi connectivity index (χ1v) is 4.71. The summed E-state index contributed by atoms with van der Waals surface area (Å²) in [5.41, 5.74) is 11.5. The zero-order valence-corrected chi connectivity index (χ0v) is 8.44. The van der Waals surface area contributed by atoms with Crippen LogP contribution in [0, 0.1) is 0 Å². The number of fused-ring (bicyclic) bond motifs is 1. The zero-order valence-electron chi connectivity index (χ0n) is 8.44. The van der Waals surface area contributed by atoms with Crippen LogP contribution in [0.25, 0.3) is 10.8 Å². The second-order valence-corrected chi connectivity index (χ2v) is 3.46. The molecule has 2 rings (SSSR count). The topological polar surface area (TPSA) is 86.2 Å². The van der Waals surface area contributed by atoms with Crippen molar-refractivity contribution >= 4 is 28.7 Å². The van der Waals surface area contributed by atoms with Crippen LogP contribution >= 0.6 is 0 Å². The summed E-state index contributed by atoms with van der Waals surface area (Å²) in [5, 5.41) is 1.49. The van der Waals surface area contributed by atoms with Crippen molar-refractivity contribution in [1.29, 1.82) is 0 Å². The van der Waals surface area contributed by atoms with Crippen molar-refractivity contribution in [2.45, 2.75) is 0 Å². The Morgan fingerprint density at radius 1 is 1.25 bits per heavy atom. The van der Waals surface area contributed by atoms with Gasteiger partial charge in [0.2, 0.25) is 0 Å². The van der Waals surface area contributed by atoms with Crippen LogP contribution in [0.15, 0.2) is 30.3 Å². The Labute approximate surface area is 91.8 Å². The molecule has 2 aromatic carbocycles. The fraction of sp³-hybridized carbons (Fsp3) is 0. The lowest BCUT2D eigenvalue weighted by Crippen LogP contribution is -2.16. The number of carbonyl (C=O) groups is 2. The molecule has 0 heterocycles. The van der Waals surface area contributed by atoms with Crippen molar-refractivity contribution in [3.05, 3.63) is 41.5 Å². The molecule has 0 fully saturated rings. The molecule has 0 aliphatic rings. The molecule has 0 aliphatic heterocycles. The van der Waals surface area contributed by atoms with Gasteiger partial charge in [0.05, 0.1) is 5.56 Å². The van der Waals surface area contributed by atoms with Gasteiger partial charge < -0.3 is 11.5 Å². The zero-order chi connectivity index (χ0) is 11.7. The van der Waals surface area contributed by atoms with Crippen LogP contribution in [-0.2, 0) is 0 Å². The Morgan fingerprint density at radius 3 is 2.56 bits per heavy atom. The Morgan fingerprint density at radius 2 is 1.94 bits per heavy atom. The van der Waals surface area contributed by atoms with E-state index in [4.69, 9.17) is 11.5 Å². The van der Waals surface area contributed by atoms with Crippen molar-refractivity contribution in [1.82, 2.24) is 0 Å². The van der Waals surface area contributed by atoms with E-state index in [-0.39, 0.29) is 16.8 Å². The van der Waals surface area contributed by atoms with Gasteiger partial charge in [-0.05, 0) is 16.8 Å². The summed E-state index contributed by atoms with van der Waals surface area (Å²) in [6.45, 7) is 0. The minimum absolute atomic E-state index is 0.0914. The number of primary amides is 1. The summed E-state index contributed by atoms with van der Waals surface area (Å²) < 4.78 is 0. The van der Waals surface area contributed by atoms with E-state index < -0.39 is 5.91 Å². The number of carbonyl (C=O) groups excluding carboxylic acids is 2. The second-order valence-electron chi connectivity index (χ2n) is 3.46. The predicted octanol–water partition coefficient (Wildman–Crippen LogP) is 1.33. The van der Waals surface area contributed by atoms with Gasteiger partial charge in [-0.1, -0.05) is 24.3 Å². The highest BCUT2D eigenvalue weighted by Crippen LogP contribution is 2.26.